The molecule has 0 spiro atoms. The van der Waals surface area contributed by atoms with E-state index < -0.39 is 40.4 Å². The van der Waals surface area contributed by atoms with Gasteiger partial charge in [-0.25, -0.2) is 0 Å². The average molecular weight is 533 g/mol. The first-order valence-corrected chi connectivity index (χ1v) is 40.6. The molecule has 0 atom stereocenters. The van der Waals surface area contributed by atoms with Crippen molar-refractivity contribution in [2.24, 2.45) is 0 Å². The van der Waals surface area contributed by atoms with Crippen LogP contribution in [-0.4, -0.2) is 12.8 Å². The predicted octanol–water partition coefficient (Wildman–Crippen LogP) is 2.68. The molecule has 1 saturated heterocycles. The third kappa shape index (κ3) is 5.96. The number of amides is 2. The van der Waals surface area contributed by atoms with Crippen molar-refractivity contribution in [1.82, 2.24) is 7.60 Å². The minimum atomic E-state index is -3.72. The number of rotatable bonds is 7. The standard InChI is InChI=1S/C4H9.2CH3NO.2CH3.2ClH.6Ti/c1-3-4-2;2*2-1-3;;;;;;;;;;/h1,3-4H2,2H3;2*1H,(H2,2,3);2*1H3;2*1H;;;;;;/q;;;;;;;;;;;+1;+3/p-4. The molecule has 1 fully saturated rings. The van der Waals surface area contributed by atoms with Gasteiger partial charge in [0.25, 0.3) is 0 Å². The number of unbranched alkanes of at least 4 members (excludes halogenated alkanes) is 1. The van der Waals surface area contributed by atoms with Crippen molar-refractivity contribution in [2.45, 2.75) is 34.9 Å². The van der Waals surface area contributed by atoms with Crippen LogP contribution in [0.4, 0.5) is 0 Å². The van der Waals surface area contributed by atoms with Crippen LogP contribution in [0.15, 0.2) is 0 Å². The monoisotopic (exact) mass is 533 g/mol. The van der Waals surface area contributed by atoms with Crippen molar-refractivity contribution in [3.63, 3.8) is 0 Å². The maximum atomic E-state index is 11.2. The zero-order chi connectivity index (χ0) is 15.5. The fraction of sp³-hybridized carbons (Fsp3) is 0.750. The second-order valence-corrected chi connectivity index (χ2v) is 114. The van der Waals surface area contributed by atoms with E-state index in [0.717, 1.165) is 25.7 Å². The molecule has 0 aliphatic carbocycles. The molecule has 2 N–H and O–H groups in total. The summed E-state index contributed by atoms with van der Waals surface area (Å²) in [4.78, 5) is 22.2. The van der Waals surface area contributed by atoms with Crippen LogP contribution >= 0.6 is 18.6 Å². The van der Waals surface area contributed by atoms with Crippen LogP contribution in [-0.2, 0) is 75.4 Å². The van der Waals surface area contributed by atoms with E-state index in [-0.39, 0.29) is 25.5 Å². The molecule has 1 heterocycles. The van der Waals surface area contributed by atoms with E-state index in [0.29, 0.717) is 0 Å². The van der Waals surface area contributed by atoms with Gasteiger partial charge in [-0.2, -0.15) is 0 Å². The third-order valence-electron chi connectivity index (χ3n) is 3.10. The van der Waals surface area contributed by atoms with Crippen molar-refractivity contribution < 1.29 is 75.4 Å². The molecule has 4 nitrogen and oxygen atoms in total. The first-order chi connectivity index (χ1) is 9.17. The minimum absolute atomic E-state index is 0.0468. The van der Waals surface area contributed by atoms with E-state index in [1.165, 1.54) is 4.73 Å². The first-order valence-electron chi connectivity index (χ1n) is 6.49. The maximum absolute atomic E-state index is 11.2. The summed E-state index contributed by atoms with van der Waals surface area (Å²) < 4.78 is 7.48. The molecule has 1 aliphatic heterocycles. The van der Waals surface area contributed by atoms with Gasteiger partial charge in [0.1, 0.15) is 0 Å². The van der Waals surface area contributed by atoms with Crippen LogP contribution in [0.2, 0.25) is 15.2 Å². The van der Waals surface area contributed by atoms with Gasteiger partial charge in [0, 0.05) is 0 Å². The number of carbonyl (C=O) groups excluding carboxylic acids is 2. The third-order valence-corrected chi connectivity index (χ3v) is 235. The summed E-state index contributed by atoms with van der Waals surface area (Å²) in [6.45, 7) is 2.18. The van der Waals surface area contributed by atoms with E-state index in [9.17, 15) is 9.59 Å². The Morgan fingerprint density at radius 2 is 1.95 bits per heavy atom. The van der Waals surface area contributed by atoms with Gasteiger partial charge in [-0.05, 0) is 0 Å². The molecule has 20 heavy (non-hydrogen) atoms. The average Bonchev–Trinajstić information content (AvgIpc) is 2.26. The van der Waals surface area contributed by atoms with Gasteiger partial charge in [-0.1, -0.05) is 0 Å². The molecule has 0 aromatic rings. The van der Waals surface area contributed by atoms with Gasteiger partial charge < -0.3 is 0 Å². The van der Waals surface area contributed by atoms with Gasteiger partial charge in [-0.3, -0.25) is 0 Å². The van der Waals surface area contributed by atoms with Crippen LogP contribution in [0.3, 0.4) is 0 Å². The fourth-order valence-electron chi connectivity index (χ4n) is 2.37. The Kier molecular flexibility index (Phi) is 9.78. The Morgan fingerprint density at radius 1 is 1.30 bits per heavy atom. The number of hydrogen-bond donors (Lipinski definition) is 2. The molecular weight excluding hydrogens is 514 g/mol. The fourth-order valence-corrected chi connectivity index (χ4v) is 542. The Labute approximate surface area is 146 Å². The van der Waals surface area contributed by atoms with E-state index in [1.807, 2.05) is 0 Å². The van der Waals surface area contributed by atoms with E-state index in [2.05, 4.69) is 25.0 Å². The van der Waals surface area contributed by atoms with Crippen molar-refractivity contribution in [1.29, 1.82) is 0 Å². The summed E-state index contributed by atoms with van der Waals surface area (Å²) in [6.07, 6.45) is 3.99. The molecule has 1 aliphatic rings. The van der Waals surface area contributed by atoms with Gasteiger partial charge in [-0.15, -0.1) is 0 Å². The van der Waals surface area contributed by atoms with Crippen molar-refractivity contribution in [2.75, 3.05) is 0 Å². The quantitative estimate of drug-likeness (QED) is 0.391. The topological polar surface area (TPSA) is 58.2 Å². The van der Waals surface area contributed by atoms with Crippen LogP contribution in [0.1, 0.15) is 19.8 Å². The SMILES string of the molecule is CCC[CH2][Ti]1[Ti]([NH]C=O)[Ti][Ti]([CH3])([CH3])[Ti][Ti]1([Cl])([Cl])[NH]C=O. The summed E-state index contributed by atoms with van der Waals surface area (Å²) in [7, 11) is 8.75. The summed E-state index contributed by atoms with van der Waals surface area (Å²) in [5.41, 5.74) is 0. The number of nitrogens with one attached hydrogen (secondary N) is 2. The summed E-state index contributed by atoms with van der Waals surface area (Å²) in [5, 5.41) is 4.91. The molecule has 0 bridgehead atoms. The molecule has 0 aromatic carbocycles. The molecule has 2 amide bonds. The molecule has 12 heteroatoms. The van der Waals surface area contributed by atoms with Gasteiger partial charge in [0.05, 0.1) is 0 Å². The summed E-state index contributed by atoms with van der Waals surface area (Å²) in [5.74, 6) is 0. The predicted molar refractivity (Wildman–Crippen MR) is 61.5 cm³/mol. The molecule has 0 saturated carbocycles. The first kappa shape index (κ1) is 21.8. The zero-order valence-corrected chi connectivity index (χ0v) is 22.7. The molecule has 0 unspecified atom stereocenters. The van der Waals surface area contributed by atoms with Gasteiger partial charge in [0.2, 0.25) is 0 Å². The number of hydrogen-bond acceptors (Lipinski definition) is 2. The van der Waals surface area contributed by atoms with Gasteiger partial charge >= 0.3 is 149 Å². The van der Waals surface area contributed by atoms with Crippen molar-refractivity contribution >= 4 is 31.4 Å². The van der Waals surface area contributed by atoms with E-state index in [4.69, 9.17) is 18.6 Å². The normalized spacial score (nSPS) is 24.4. The Morgan fingerprint density at radius 3 is 2.45 bits per heavy atom. The summed E-state index contributed by atoms with van der Waals surface area (Å²) in [6, 6.07) is 0. The number of halogens is 2. The van der Waals surface area contributed by atoms with Crippen molar-refractivity contribution in [3.05, 3.63) is 0 Å². The summed E-state index contributed by atoms with van der Waals surface area (Å²) >= 11 is -3.54. The van der Waals surface area contributed by atoms with Gasteiger partial charge in [0.15, 0.2) is 0 Å². The molecule has 0 radical (unpaired) electrons. The molecule has 111 valence electrons. The molecule has 1 rings (SSSR count). The Hall–Kier alpha value is 3.81. The van der Waals surface area contributed by atoms with Crippen LogP contribution < -0.4 is 7.60 Å². The zero-order valence-electron chi connectivity index (χ0n) is 11.8. The second kappa shape index (κ2) is 8.95. The molecular formula is C8H19Cl2N2O2Ti6. The van der Waals surface area contributed by atoms with Crippen LogP contribution in [0, 0.1) is 0 Å². The van der Waals surface area contributed by atoms with E-state index in [1.54, 1.807) is 0 Å². The number of carbonyl (C=O) groups is 2. The van der Waals surface area contributed by atoms with Crippen LogP contribution in [0.5, 0.6) is 0 Å². The van der Waals surface area contributed by atoms with E-state index >= 15 is 0 Å². The van der Waals surface area contributed by atoms with Crippen LogP contribution in [0.25, 0.3) is 0 Å². The molecule has 0 aromatic heterocycles. The van der Waals surface area contributed by atoms with Crippen molar-refractivity contribution in [3.8, 4) is 0 Å². The Bertz CT molecular complexity index is 386. The Balaban J connectivity index is 3.17. The second-order valence-electron chi connectivity index (χ2n) is 5.37.